The third kappa shape index (κ3) is 3.56. The number of ether oxygens (including phenoxy) is 2. The van der Waals surface area contributed by atoms with Crippen LogP contribution >= 0.6 is 0 Å². The number of benzene rings is 1. The van der Waals surface area contributed by atoms with Gasteiger partial charge in [-0.15, -0.1) is 0 Å². The van der Waals surface area contributed by atoms with E-state index in [4.69, 9.17) is 9.47 Å². The molecule has 2 rings (SSSR count). The van der Waals surface area contributed by atoms with Crippen LogP contribution < -0.4 is 10.6 Å². The second-order valence-electron chi connectivity index (χ2n) is 4.82. The number of anilines is 1. The van der Waals surface area contributed by atoms with Gasteiger partial charge in [0, 0.05) is 23.9 Å². The van der Waals surface area contributed by atoms with Gasteiger partial charge in [-0.3, -0.25) is 4.79 Å². The lowest BCUT2D eigenvalue weighted by Gasteiger charge is -2.18. The third-order valence-electron chi connectivity index (χ3n) is 3.53. The first-order valence-electron chi connectivity index (χ1n) is 6.97. The number of amides is 1. The van der Waals surface area contributed by atoms with E-state index in [0.717, 1.165) is 11.3 Å². The van der Waals surface area contributed by atoms with E-state index >= 15 is 0 Å². The summed E-state index contributed by atoms with van der Waals surface area (Å²) in [5.41, 5.74) is 1.80. The lowest BCUT2D eigenvalue weighted by Crippen LogP contribution is -2.39. The van der Waals surface area contributed by atoms with E-state index in [1.165, 1.54) is 0 Å². The van der Waals surface area contributed by atoms with Crippen molar-refractivity contribution in [3.63, 3.8) is 0 Å². The molecule has 5 nitrogen and oxygen atoms in total. The van der Waals surface area contributed by atoms with Gasteiger partial charge in [0.1, 0.15) is 0 Å². The predicted octanol–water partition coefficient (Wildman–Crippen LogP) is 1.40. The minimum Gasteiger partial charge on any atom is -0.379 e. The lowest BCUT2D eigenvalue weighted by atomic mass is 10.0. The molecule has 1 aromatic carbocycles. The van der Waals surface area contributed by atoms with Gasteiger partial charge in [-0.1, -0.05) is 18.2 Å². The van der Waals surface area contributed by atoms with Crippen molar-refractivity contribution >= 4 is 11.6 Å². The summed E-state index contributed by atoms with van der Waals surface area (Å²) in [6, 6.07) is 7.79. The fraction of sp³-hybridized carbons (Fsp3) is 0.533. The quantitative estimate of drug-likeness (QED) is 0.825. The molecule has 0 spiro atoms. The zero-order chi connectivity index (χ0) is 14.4. The standard InChI is InChI=1S/C15H22N2O3/c1-3-19-8-11-6-4-5-7-13(11)17-15(18)12-9-20-10-14(12)16-2/h4-7,12,14,16H,3,8-10H2,1-2H3,(H,17,18). The first-order chi connectivity index (χ1) is 9.76. The number of likely N-dealkylation sites (N-methyl/N-ethyl adjacent to an activating group) is 1. The van der Waals surface area contributed by atoms with Crippen molar-refractivity contribution in [3.8, 4) is 0 Å². The maximum absolute atomic E-state index is 12.3. The highest BCUT2D eigenvalue weighted by atomic mass is 16.5. The van der Waals surface area contributed by atoms with Crippen molar-refractivity contribution in [1.29, 1.82) is 0 Å². The number of para-hydroxylation sites is 1. The summed E-state index contributed by atoms with van der Waals surface area (Å²) in [5.74, 6) is -0.161. The summed E-state index contributed by atoms with van der Waals surface area (Å²) >= 11 is 0. The Morgan fingerprint density at radius 2 is 2.20 bits per heavy atom. The van der Waals surface area contributed by atoms with Gasteiger partial charge in [-0.05, 0) is 20.0 Å². The highest BCUT2D eigenvalue weighted by molar-refractivity contribution is 5.94. The number of hydrogen-bond acceptors (Lipinski definition) is 4. The van der Waals surface area contributed by atoms with Gasteiger partial charge < -0.3 is 20.1 Å². The normalized spacial score (nSPS) is 21.9. The molecule has 1 fully saturated rings. The molecule has 0 radical (unpaired) electrons. The number of nitrogens with one attached hydrogen (secondary N) is 2. The smallest absolute Gasteiger partial charge is 0.231 e. The molecule has 110 valence electrons. The molecule has 0 saturated carbocycles. The fourth-order valence-corrected chi connectivity index (χ4v) is 2.30. The monoisotopic (exact) mass is 278 g/mol. The van der Waals surface area contributed by atoms with Crippen LogP contribution in [0.4, 0.5) is 5.69 Å². The van der Waals surface area contributed by atoms with Crippen LogP contribution in [0.3, 0.4) is 0 Å². The van der Waals surface area contributed by atoms with Crippen LogP contribution in [0, 0.1) is 5.92 Å². The van der Waals surface area contributed by atoms with Crippen LogP contribution in [0.1, 0.15) is 12.5 Å². The maximum atomic E-state index is 12.3. The Labute approximate surface area is 119 Å². The van der Waals surface area contributed by atoms with Crippen molar-refractivity contribution in [2.45, 2.75) is 19.6 Å². The zero-order valence-electron chi connectivity index (χ0n) is 12.0. The van der Waals surface area contributed by atoms with Gasteiger partial charge in [0.15, 0.2) is 0 Å². The van der Waals surface area contributed by atoms with E-state index in [1.807, 2.05) is 38.2 Å². The van der Waals surface area contributed by atoms with Crippen molar-refractivity contribution < 1.29 is 14.3 Å². The van der Waals surface area contributed by atoms with Gasteiger partial charge in [0.2, 0.25) is 5.91 Å². The minimum atomic E-state index is -0.153. The van der Waals surface area contributed by atoms with Gasteiger partial charge in [-0.25, -0.2) is 0 Å². The predicted molar refractivity (Wildman–Crippen MR) is 77.6 cm³/mol. The summed E-state index contributed by atoms with van der Waals surface area (Å²) in [6.07, 6.45) is 0. The molecular formula is C15H22N2O3. The van der Waals surface area contributed by atoms with Crippen molar-refractivity contribution in [3.05, 3.63) is 29.8 Å². The molecule has 1 amide bonds. The fourth-order valence-electron chi connectivity index (χ4n) is 2.30. The van der Waals surface area contributed by atoms with Crippen LogP contribution in [0.2, 0.25) is 0 Å². The zero-order valence-corrected chi connectivity index (χ0v) is 12.0. The van der Waals surface area contributed by atoms with E-state index in [-0.39, 0.29) is 17.9 Å². The summed E-state index contributed by atoms with van der Waals surface area (Å²) in [5, 5.41) is 6.11. The molecule has 1 saturated heterocycles. The van der Waals surface area contributed by atoms with Crippen LogP contribution in [0.15, 0.2) is 24.3 Å². The Balaban J connectivity index is 2.03. The molecule has 5 heteroatoms. The van der Waals surface area contributed by atoms with E-state index in [1.54, 1.807) is 0 Å². The Bertz CT molecular complexity index is 450. The third-order valence-corrected chi connectivity index (χ3v) is 3.53. The first-order valence-corrected chi connectivity index (χ1v) is 6.97. The summed E-state index contributed by atoms with van der Waals surface area (Å²) in [4.78, 5) is 12.3. The largest absolute Gasteiger partial charge is 0.379 e. The van der Waals surface area contributed by atoms with E-state index in [2.05, 4.69) is 10.6 Å². The summed E-state index contributed by atoms with van der Waals surface area (Å²) < 4.78 is 10.8. The van der Waals surface area contributed by atoms with Crippen molar-refractivity contribution in [2.24, 2.45) is 5.92 Å². The number of hydrogen-bond donors (Lipinski definition) is 2. The van der Waals surface area contributed by atoms with Gasteiger partial charge in [0.05, 0.1) is 25.7 Å². The maximum Gasteiger partial charge on any atom is 0.231 e. The Kier molecular flexibility index (Phi) is 5.52. The minimum absolute atomic E-state index is 0.00852. The average molecular weight is 278 g/mol. The van der Waals surface area contributed by atoms with Crippen molar-refractivity contribution in [2.75, 3.05) is 32.2 Å². The summed E-state index contributed by atoms with van der Waals surface area (Å²) in [7, 11) is 1.85. The van der Waals surface area contributed by atoms with Crippen LogP contribution in [-0.4, -0.2) is 38.8 Å². The Hall–Kier alpha value is -1.43. The molecular weight excluding hydrogens is 256 g/mol. The molecule has 1 aromatic rings. The van der Waals surface area contributed by atoms with Gasteiger partial charge in [-0.2, -0.15) is 0 Å². The SMILES string of the molecule is CCOCc1ccccc1NC(=O)C1COCC1NC. The molecule has 2 atom stereocenters. The molecule has 0 bridgehead atoms. The number of carbonyl (C=O) groups is 1. The van der Waals surface area contributed by atoms with Gasteiger partial charge in [0.25, 0.3) is 0 Å². The molecule has 1 heterocycles. The van der Waals surface area contributed by atoms with Crippen LogP contribution in [0.5, 0.6) is 0 Å². The average Bonchev–Trinajstić information content (AvgIpc) is 2.95. The molecule has 0 aliphatic carbocycles. The van der Waals surface area contributed by atoms with E-state index < -0.39 is 0 Å². The van der Waals surface area contributed by atoms with E-state index in [9.17, 15) is 4.79 Å². The van der Waals surface area contributed by atoms with Crippen molar-refractivity contribution in [1.82, 2.24) is 5.32 Å². The lowest BCUT2D eigenvalue weighted by molar-refractivity contribution is -0.120. The van der Waals surface area contributed by atoms with E-state index in [0.29, 0.717) is 26.4 Å². The Morgan fingerprint density at radius 1 is 1.40 bits per heavy atom. The topological polar surface area (TPSA) is 59.6 Å². The molecule has 1 aliphatic rings. The molecule has 2 unspecified atom stereocenters. The van der Waals surface area contributed by atoms with Gasteiger partial charge >= 0.3 is 0 Å². The van der Waals surface area contributed by atoms with Crippen LogP contribution in [-0.2, 0) is 20.9 Å². The molecule has 0 aromatic heterocycles. The second-order valence-corrected chi connectivity index (χ2v) is 4.82. The summed E-state index contributed by atoms with van der Waals surface area (Å²) in [6.45, 7) is 4.15. The molecule has 1 aliphatic heterocycles. The molecule has 20 heavy (non-hydrogen) atoms. The number of carbonyl (C=O) groups excluding carboxylic acids is 1. The highest BCUT2D eigenvalue weighted by Crippen LogP contribution is 2.20. The first kappa shape index (κ1) is 15.0. The van der Waals surface area contributed by atoms with Crippen LogP contribution in [0.25, 0.3) is 0 Å². The highest BCUT2D eigenvalue weighted by Gasteiger charge is 2.33. The Morgan fingerprint density at radius 3 is 2.95 bits per heavy atom. The number of rotatable bonds is 6. The second kappa shape index (κ2) is 7.38. The molecule has 2 N–H and O–H groups in total.